The fourth-order valence-corrected chi connectivity index (χ4v) is 12.0. The summed E-state index contributed by atoms with van der Waals surface area (Å²) in [4.78, 5) is 0. The maximum absolute atomic E-state index is 6.30. The number of halogens is 1. The highest BCUT2D eigenvalue weighted by molar-refractivity contribution is 6.82. The number of alkyl halides is 1. The molecule has 30 heavy (non-hydrogen) atoms. The molecule has 0 aliphatic heterocycles. The molecule has 0 aliphatic rings. The summed E-state index contributed by atoms with van der Waals surface area (Å²) < 4.78 is 37.8. The van der Waals surface area contributed by atoms with Gasteiger partial charge in [0.15, 0.2) is 0 Å². The van der Waals surface area contributed by atoms with Crippen molar-refractivity contribution in [3.63, 3.8) is 0 Å². The standard InChI is InChI=1S/C21H39ClO6Si2/c1-7-23-29(24-8-2,25-9-3)21(17-19-13-15-20(18-22)16-14-19)30(26-10-4,27-11-5)28-12-6/h13-16,21H,7-12,17-18H2,1-6H3. The number of hydrogen-bond donors (Lipinski definition) is 0. The fourth-order valence-electron chi connectivity index (χ4n) is 3.53. The first-order chi connectivity index (χ1) is 14.5. The second kappa shape index (κ2) is 14.7. The van der Waals surface area contributed by atoms with Gasteiger partial charge >= 0.3 is 17.6 Å². The van der Waals surface area contributed by atoms with Gasteiger partial charge in [0.2, 0.25) is 0 Å². The molecule has 0 atom stereocenters. The lowest BCUT2D eigenvalue weighted by molar-refractivity contribution is 0.0325. The zero-order valence-corrected chi connectivity index (χ0v) is 22.1. The van der Waals surface area contributed by atoms with Gasteiger partial charge < -0.3 is 26.6 Å². The molecule has 0 saturated heterocycles. The van der Waals surface area contributed by atoms with Gasteiger partial charge in [-0.25, -0.2) is 0 Å². The summed E-state index contributed by atoms with van der Waals surface area (Å²) in [7, 11) is -6.43. The van der Waals surface area contributed by atoms with Crippen molar-refractivity contribution >= 4 is 29.2 Å². The minimum atomic E-state index is -3.22. The van der Waals surface area contributed by atoms with Crippen LogP contribution in [0, 0.1) is 0 Å². The van der Waals surface area contributed by atoms with Crippen LogP contribution in [-0.2, 0) is 38.9 Å². The van der Waals surface area contributed by atoms with Crippen molar-refractivity contribution in [2.45, 2.75) is 59.0 Å². The first-order valence-electron chi connectivity index (χ1n) is 11.0. The molecule has 0 radical (unpaired) electrons. The predicted molar refractivity (Wildman–Crippen MR) is 125 cm³/mol. The van der Waals surface area contributed by atoms with Crippen LogP contribution < -0.4 is 0 Å². The van der Waals surface area contributed by atoms with Crippen LogP contribution in [0.4, 0.5) is 0 Å². The maximum Gasteiger partial charge on any atom is 0.509 e. The Kier molecular flexibility index (Phi) is 13.6. The molecule has 0 unspecified atom stereocenters. The Morgan fingerprint density at radius 2 is 0.900 bits per heavy atom. The second-order valence-corrected chi connectivity index (χ2v) is 12.9. The van der Waals surface area contributed by atoms with Crippen LogP contribution in [0.25, 0.3) is 0 Å². The zero-order valence-electron chi connectivity index (χ0n) is 19.4. The van der Waals surface area contributed by atoms with Gasteiger partial charge in [-0.2, -0.15) is 0 Å². The Morgan fingerprint density at radius 1 is 0.600 bits per heavy atom. The molecule has 0 aliphatic carbocycles. The summed E-state index contributed by atoms with van der Waals surface area (Å²) in [5.41, 5.74) is 2.18. The Labute approximate surface area is 189 Å². The van der Waals surface area contributed by atoms with Crippen LogP contribution in [0.5, 0.6) is 0 Å². The normalized spacial score (nSPS) is 12.7. The third-order valence-corrected chi connectivity index (χ3v) is 13.2. The molecule has 0 fully saturated rings. The summed E-state index contributed by atoms with van der Waals surface area (Å²) in [5, 5.41) is -0.286. The topological polar surface area (TPSA) is 55.4 Å². The zero-order chi connectivity index (χ0) is 22.5. The first-order valence-corrected chi connectivity index (χ1v) is 15.1. The smallest absolute Gasteiger partial charge is 0.374 e. The monoisotopic (exact) mass is 478 g/mol. The molecule has 6 nitrogen and oxygen atoms in total. The van der Waals surface area contributed by atoms with Gasteiger partial charge in [0, 0.05) is 45.5 Å². The molecule has 0 N–H and O–H groups in total. The van der Waals surface area contributed by atoms with E-state index in [2.05, 4.69) is 12.1 Å². The van der Waals surface area contributed by atoms with E-state index in [4.69, 9.17) is 38.2 Å². The number of benzene rings is 1. The molecule has 174 valence electrons. The highest BCUT2D eigenvalue weighted by Gasteiger charge is 2.65. The minimum Gasteiger partial charge on any atom is -0.374 e. The van der Waals surface area contributed by atoms with Gasteiger partial charge in [0.05, 0.1) is 0 Å². The summed E-state index contributed by atoms with van der Waals surface area (Å²) >= 11 is 5.97. The third kappa shape index (κ3) is 7.39. The molecule has 1 aromatic rings. The molecule has 9 heteroatoms. The Bertz CT molecular complexity index is 515. The average molecular weight is 479 g/mol. The number of hydrogen-bond acceptors (Lipinski definition) is 6. The van der Waals surface area contributed by atoms with Gasteiger partial charge in [-0.1, -0.05) is 24.3 Å². The lowest BCUT2D eigenvalue weighted by Crippen LogP contribution is -2.64. The largest absolute Gasteiger partial charge is 0.509 e. The van der Waals surface area contributed by atoms with E-state index in [0.29, 0.717) is 51.9 Å². The van der Waals surface area contributed by atoms with E-state index in [1.807, 2.05) is 53.7 Å². The maximum atomic E-state index is 6.30. The van der Waals surface area contributed by atoms with Gasteiger partial charge in [-0.3, -0.25) is 0 Å². The molecule has 0 aromatic heterocycles. The van der Waals surface area contributed by atoms with E-state index in [9.17, 15) is 0 Å². The van der Waals surface area contributed by atoms with Gasteiger partial charge in [-0.15, -0.1) is 11.6 Å². The van der Waals surface area contributed by atoms with E-state index < -0.39 is 17.6 Å². The fraction of sp³-hybridized carbons (Fsp3) is 0.714. The second-order valence-electron chi connectivity index (χ2n) is 6.51. The summed E-state index contributed by atoms with van der Waals surface area (Å²) in [5.74, 6) is 0.481. The molecular weight excluding hydrogens is 440 g/mol. The lowest BCUT2D eigenvalue weighted by atomic mass is 10.1. The van der Waals surface area contributed by atoms with Crippen molar-refractivity contribution < 1.29 is 26.6 Å². The first kappa shape index (κ1) is 27.7. The van der Waals surface area contributed by atoms with E-state index in [-0.39, 0.29) is 5.16 Å². The highest BCUT2D eigenvalue weighted by atomic mass is 35.5. The van der Waals surface area contributed by atoms with Crippen molar-refractivity contribution in [1.82, 2.24) is 0 Å². The van der Waals surface area contributed by atoms with Crippen molar-refractivity contribution in [1.29, 1.82) is 0 Å². The number of rotatable bonds is 17. The molecule has 0 heterocycles. The van der Waals surface area contributed by atoms with E-state index in [0.717, 1.165) is 11.1 Å². The van der Waals surface area contributed by atoms with Crippen molar-refractivity contribution in [2.75, 3.05) is 39.6 Å². The molecular formula is C21H39ClO6Si2. The van der Waals surface area contributed by atoms with Crippen LogP contribution in [-0.4, -0.2) is 57.3 Å². The molecule has 0 spiro atoms. The van der Waals surface area contributed by atoms with Crippen molar-refractivity contribution in [2.24, 2.45) is 0 Å². The van der Waals surface area contributed by atoms with Gasteiger partial charge in [0.25, 0.3) is 0 Å². The molecule has 1 rings (SSSR count). The molecule has 0 bridgehead atoms. The Hall–Kier alpha value is -0.296. The molecule has 0 saturated carbocycles. The summed E-state index contributed by atoms with van der Waals surface area (Å²) in [6, 6.07) is 8.24. The summed E-state index contributed by atoms with van der Waals surface area (Å²) in [6.45, 7) is 14.6. The Balaban J connectivity index is 3.58. The quantitative estimate of drug-likeness (QED) is 0.232. The minimum absolute atomic E-state index is 0.286. The van der Waals surface area contributed by atoms with Crippen LogP contribution in [0.3, 0.4) is 0 Å². The highest BCUT2D eigenvalue weighted by Crippen LogP contribution is 2.40. The SMILES string of the molecule is CCO[Si](OCC)(OCC)C(Cc1ccc(CCl)cc1)[Si](OCC)(OCC)OCC. The van der Waals surface area contributed by atoms with Crippen molar-refractivity contribution in [3.05, 3.63) is 35.4 Å². The average Bonchev–Trinajstić information content (AvgIpc) is 2.73. The third-order valence-electron chi connectivity index (χ3n) is 4.54. The van der Waals surface area contributed by atoms with Gasteiger partial charge in [-0.05, 0) is 59.1 Å². The summed E-state index contributed by atoms with van der Waals surface area (Å²) in [6.07, 6.45) is 0.612. The van der Waals surface area contributed by atoms with Crippen LogP contribution in [0.1, 0.15) is 52.7 Å². The molecule has 1 aromatic carbocycles. The van der Waals surface area contributed by atoms with Crippen molar-refractivity contribution in [3.8, 4) is 0 Å². The van der Waals surface area contributed by atoms with Crippen LogP contribution in [0.15, 0.2) is 24.3 Å². The van der Waals surface area contributed by atoms with Crippen LogP contribution in [0.2, 0.25) is 5.16 Å². The van der Waals surface area contributed by atoms with Gasteiger partial charge in [0.1, 0.15) is 5.16 Å². The lowest BCUT2D eigenvalue weighted by Gasteiger charge is -2.42. The molecule has 0 amide bonds. The Morgan fingerprint density at radius 3 is 1.17 bits per heavy atom. The van der Waals surface area contributed by atoms with Crippen LogP contribution >= 0.6 is 11.6 Å². The predicted octanol–water partition coefficient (Wildman–Crippen LogP) is 4.97. The van der Waals surface area contributed by atoms with E-state index in [1.165, 1.54) is 0 Å². The van der Waals surface area contributed by atoms with E-state index in [1.54, 1.807) is 0 Å². The van der Waals surface area contributed by atoms with E-state index >= 15 is 0 Å².